The normalized spacial score (nSPS) is 27.6. The zero-order valence-corrected chi connectivity index (χ0v) is 12.2. The first kappa shape index (κ1) is 14.0. The van der Waals surface area contributed by atoms with Crippen molar-refractivity contribution in [1.82, 2.24) is 19.7 Å². The Morgan fingerprint density at radius 2 is 2.05 bits per heavy atom. The highest BCUT2D eigenvalue weighted by Crippen LogP contribution is 2.30. The summed E-state index contributed by atoms with van der Waals surface area (Å²) in [6, 6.07) is 0. The van der Waals surface area contributed by atoms with Gasteiger partial charge in [0.2, 0.25) is 0 Å². The van der Waals surface area contributed by atoms with Crippen molar-refractivity contribution >= 4 is 0 Å². The van der Waals surface area contributed by atoms with Gasteiger partial charge in [-0.05, 0) is 38.1 Å². The fraction of sp³-hybridized carbons (Fsp3) is 0.867. The first-order chi connectivity index (χ1) is 9.73. The minimum Gasteiger partial charge on any atom is -0.389 e. The Hall–Kier alpha value is -0.940. The molecule has 0 radical (unpaired) electrons. The molecule has 1 N–H and O–H groups in total. The van der Waals surface area contributed by atoms with Gasteiger partial charge in [0.1, 0.15) is 12.7 Å². The van der Waals surface area contributed by atoms with Crippen molar-refractivity contribution < 1.29 is 5.11 Å². The van der Waals surface area contributed by atoms with Gasteiger partial charge in [0.15, 0.2) is 0 Å². The van der Waals surface area contributed by atoms with E-state index in [0.29, 0.717) is 5.92 Å². The summed E-state index contributed by atoms with van der Waals surface area (Å²) in [5.74, 6) is 0.637. The summed E-state index contributed by atoms with van der Waals surface area (Å²) in [4.78, 5) is 6.48. The molecule has 2 heterocycles. The summed E-state index contributed by atoms with van der Waals surface area (Å²) in [5, 5.41) is 14.9. The highest BCUT2D eigenvalue weighted by molar-refractivity contribution is 4.87. The molecule has 2 aliphatic rings. The minimum atomic E-state index is -0.423. The van der Waals surface area contributed by atoms with Crippen LogP contribution in [0.2, 0.25) is 0 Å². The standard InChI is InChI=1S/C15H26N4O/c20-15(6-2-1-3-7-15)11-18-8-4-5-14(9-18)10-19-13-16-12-17-19/h12-14,20H,1-11H2. The number of aromatic nitrogens is 3. The van der Waals surface area contributed by atoms with Crippen molar-refractivity contribution in [3.05, 3.63) is 12.7 Å². The topological polar surface area (TPSA) is 54.2 Å². The zero-order valence-electron chi connectivity index (χ0n) is 12.2. The van der Waals surface area contributed by atoms with Gasteiger partial charge in [0.05, 0.1) is 5.60 Å². The lowest BCUT2D eigenvalue weighted by Crippen LogP contribution is -2.48. The van der Waals surface area contributed by atoms with Gasteiger partial charge in [-0.3, -0.25) is 4.68 Å². The van der Waals surface area contributed by atoms with Gasteiger partial charge in [-0.15, -0.1) is 0 Å². The van der Waals surface area contributed by atoms with Crippen LogP contribution < -0.4 is 0 Å². The predicted octanol–water partition coefficient (Wildman–Crippen LogP) is 1.69. The van der Waals surface area contributed by atoms with E-state index < -0.39 is 5.60 Å². The van der Waals surface area contributed by atoms with Crippen molar-refractivity contribution in [1.29, 1.82) is 0 Å². The SMILES string of the molecule is OC1(CN2CCCC(Cn3cncn3)C2)CCCCC1. The lowest BCUT2D eigenvalue weighted by molar-refractivity contribution is -0.0352. The van der Waals surface area contributed by atoms with E-state index in [9.17, 15) is 5.11 Å². The molecule has 1 unspecified atom stereocenters. The third kappa shape index (κ3) is 3.58. The van der Waals surface area contributed by atoms with Crippen LogP contribution in [0.5, 0.6) is 0 Å². The lowest BCUT2D eigenvalue weighted by Gasteiger charge is -2.40. The minimum absolute atomic E-state index is 0.423. The molecule has 112 valence electrons. The average Bonchev–Trinajstić information content (AvgIpc) is 2.92. The number of hydrogen-bond acceptors (Lipinski definition) is 4. The number of likely N-dealkylation sites (tertiary alicyclic amines) is 1. The van der Waals surface area contributed by atoms with Crippen LogP contribution >= 0.6 is 0 Å². The number of piperidine rings is 1. The zero-order chi connectivity index (χ0) is 13.8. The Balaban J connectivity index is 1.52. The predicted molar refractivity (Wildman–Crippen MR) is 77.2 cm³/mol. The third-order valence-corrected chi connectivity index (χ3v) is 4.82. The van der Waals surface area contributed by atoms with Gasteiger partial charge in [-0.1, -0.05) is 19.3 Å². The number of β-amino-alcohol motifs (C(OH)–C–C–N with tert-alkyl or cyclic N) is 1. The van der Waals surface area contributed by atoms with Crippen LogP contribution in [0.25, 0.3) is 0 Å². The second-order valence-corrected chi connectivity index (χ2v) is 6.65. The lowest BCUT2D eigenvalue weighted by atomic mass is 9.84. The molecule has 1 aliphatic heterocycles. The Morgan fingerprint density at radius 3 is 2.80 bits per heavy atom. The van der Waals surface area contributed by atoms with Crippen LogP contribution in [0.3, 0.4) is 0 Å². The highest BCUT2D eigenvalue weighted by Gasteiger charge is 2.33. The molecule has 1 saturated carbocycles. The van der Waals surface area contributed by atoms with Crippen molar-refractivity contribution in [2.45, 2.75) is 57.1 Å². The smallest absolute Gasteiger partial charge is 0.137 e. The van der Waals surface area contributed by atoms with Gasteiger partial charge in [0.25, 0.3) is 0 Å². The molecule has 3 rings (SSSR count). The number of nitrogens with zero attached hydrogens (tertiary/aromatic N) is 4. The van der Waals surface area contributed by atoms with E-state index in [1.807, 2.05) is 4.68 Å². The van der Waals surface area contributed by atoms with Crippen molar-refractivity contribution in [3.8, 4) is 0 Å². The molecule has 5 nitrogen and oxygen atoms in total. The Labute approximate surface area is 121 Å². The van der Waals surface area contributed by atoms with E-state index in [2.05, 4.69) is 15.0 Å². The van der Waals surface area contributed by atoms with Gasteiger partial charge in [-0.2, -0.15) is 5.10 Å². The highest BCUT2D eigenvalue weighted by atomic mass is 16.3. The first-order valence-electron chi connectivity index (χ1n) is 8.01. The number of aliphatic hydroxyl groups is 1. The molecule has 20 heavy (non-hydrogen) atoms. The van der Waals surface area contributed by atoms with Crippen LogP contribution in [0, 0.1) is 5.92 Å². The van der Waals surface area contributed by atoms with Crippen LogP contribution in [-0.4, -0.2) is 50.0 Å². The van der Waals surface area contributed by atoms with Crippen LogP contribution in [0.1, 0.15) is 44.9 Å². The van der Waals surface area contributed by atoms with Gasteiger partial charge < -0.3 is 10.0 Å². The summed E-state index contributed by atoms with van der Waals surface area (Å²) in [5.41, 5.74) is -0.423. The van der Waals surface area contributed by atoms with Crippen LogP contribution in [0.4, 0.5) is 0 Å². The second-order valence-electron chi connectivity index (χ2n) is 6.65. The van der Waals surface area contributed by atoms with E-state index in [0.717, 1.165) is 39.0 Å². The van der Waals surface area contributed by atoms with E-state index in [4.69, 9.17) is 0 Å². The molecule has 5 heteroatoms. The van der Waals surface area contributed by atoms with Gasteiger partial charge in [0, 0.05) is 19.6 Å². The Morgan fingerprint density at radius 1 is 1.20 bits per heavy atom. The molecule has 1 aromatic rings. The van der Waals surface area contributed by atoms with E-state index in [1.54, 1.807) is 12.7 Å². The van der Waals surface area contributed by atoms with Gasteiger partial charge >= 0.3 is 0 Å². The summed E-state index contributed by atoms with van der Waals surface area (Å²) in [7, 11) is 0. The Bertz CT molecular complexity index is 400. The fourth-order valence-electron chi connectivity index (χ4n) is 3.82. The number of hydrogen-bond donors (Lipinski definition) is 1. The molecular formula is C15H26N4O. The van der Waals surface area contributed by atoms with Crippen molar-refractivity contribution in [3.63, 3.8) is 0 Å². The molecule has 1 atom stereocenters. The average molecular weight is 278 g/mol. The quantitative estimate of drug-likeness (QED) is 0.910. The molecule has 0 amide bonds. The molecule has 2 fully saturated rings. The Kier molecular flexibility index (Phi) is 4.36. The molecule has 1 saturated heterocycles. The third-order valence-electron chi connectivity index (χ3n) is 4.82. The van der Waals surface area contributed by atoms with E-state index in [1.165, 1.54) is 32.1 Å². The second kappa shape index (κ2) is 6.22. The first-order valence-corrected chi connectivity index (χ1v) is 8.01. The monoisotopic (exact) mass is 278 g/mol. The fourth-order valence-corrected chi connectivity index (χ4v) is 3.82. The summed E-state index contributed by atoms with van der Waals surface area (Å²) in [6.07, 6.45) is 11.5. The molecular weight excluding hydrogens is 252 g/mol. The van der Waals surface area contributed by atoms with E-state index in [-0.39, 0.29) is 0 Å². The molecule has 1 aliphatic carbocycles. The number of rotatable bonds is 4. The van der Waals surface area contributed by atoms with Gasteiger partial charge in [-0.25, -0.2) is 4.98 Å². The molecule has 0 spiro atoms. The van der Waals surface area contributed by atoms with Crippen LogP contribution in [-0.2, 0) is 6.54 Å². The maximum Gasteiger partial charge on any atom is 0.137 e. The largest absolute Gasteiger partial charge is 0.389 e. The molecule has 1 aromatic heterocycles. The van der Waals surface area contributed by atoms with Crippen LogP contribution in [0.15, 0.2) is 12.7 Å². The maximum absolute atomic E-state index is 10.7. The van der Waals surface area contributed by atoms with Crippen molar-refractivity contribution in [2.75, 3.05) is 19.6 Å². The summed E-state index contributed by atoms with van der Waals surface area (Å²) in [6.45, 7) is 4.04. The molecule has 0 bridgehead atoms. The van der Waals surface area contributed by atoms with Crippen molar-refractivity contribution in [2.24, 2.45) is 5.92 Å². The van der Waals surface area contributed by atoms with E-state index >= 15 is 0 Å². The molecule has 0 aromatic carbocycles. The summed E-state index contributed by atoms with van der Waals surface area (Å²) >= 11 is 0. The summed E-state index contributed by atoms with van der Waals surface area (Å²) < 4.78 is 1.93. The maximum atomic E-state index is 10.7.